The van der Waals surface area contributed by atoms with E-state index in [1.54, 1.807) is 12.4 Å². The number of sulfonamides is 1. The van der Waals surface area contributed by atoms with Crippen molar-refractivity contribution in [3.63, 3.8) is 0 Å². The number of hydrogen-bond donors (Lipinski definition) is 0. The van der Waals surface area contributed by atoms with E-state index < -0.39 is 15.8 Å². The van der Waals surface area contributed by atoms with Gasteiger partial charge < -0.3 is 4.57 Å². The van der Waals surface area contributed by atoms with Crippen molar-refractivity contribution in [3.8, 4) is 0 Å². The average Bonchev–Trinajstić information content (AvgIpc) is 3.27. The van der Waals surface area contributed by atoms with Crippen LogP contribution in [0, 0.1) is 5.82 Å². The molecule has 3 aromatic rings. The van der Waals surface area contributed by atoms with E-state index in [9.17, 15) is 12.8 Å². The Bertz CT molecular complexity index is 1080. The molecular weight excluding hydrogens is 367 g/mol. The number of fused-ring (bicyclic) bond motifs is 1. The van der Waals surface area contributed by atoms with Gasteiger partial charge >= 0.3 is 0 Å². The van der Waals surface area contributed by atoms with Crippen molar-refractivity contribution < 1.29 is 12.8 Å². The second kappa shape index (κ2) is 6.69. The SMILES string of the molecule is CC(C)n1c([C@H]2CCN(S(=O)(=O)c3ccc(F)cc3)C2)nc2ccncc21. The summed E-state index contributed by atoms with van der Waals surface area (Å²) in [4.78, 5) is 9.08. The summed E-state index contributed by atoms with van der Waals surface area (Å²) in [7, 11) is -3.64. The van der Waals surface area contributed by atoms with Crippen LogP contribution in [0.25, 0.3) is 11.0 Å². The maximum Gasteiger partial charge on any atom is 0.243 e. The molecule has 0 unspecified atom stereocenters. The van der Waals surface area contributed by atoms with Crippen molar-refractivity contribution in [1.82, 2.24) is 18.8 Å². The lowest BCUT2D eigenvalue weighted by Gasteiger charge is -2.18. The van der Waals surface area contributed by atoms with Crippen LogP contribution >= 0.6 is 0 Å². The highest BCUT2D eigenvalue weighted by Gasteiger charge is 2.35. The highest BCUT2D eigenvalue weighted by molar-refractivity contribution is 7.89. The summed E-state index contributed by atoms with van der Waals surface area (Å²) in [5.74, 6) is 0.451. The lowest BCUT2D eigenvalue weighted by atomic mass is 10.1. The van der Waals surface area contributed by atoms with Crippen LogP contribution in [0.1, 0.15) is 38.1 Å². The summed E-state index contributed by atoms with van der Waals surface area (Å²) < 4.78 is 42.5. The molecule has 0 spiro atoms. The molecule has 1 atom stereocenters. The van der Waals surface area contributed by atoms with E-state index in [0.29, 0.717) is 19.5 Å². The highest BCUT2D eigenvalue weighted by atomic mass is 32.2. The maximum atomic E-state index is 13.1. The first-order valence-electron chi connectivity index (χ1n) is 8.95. The number of benzene rings is 1. The van der Waals surface area contributed by atoms with E-state index >= 15 is 0 Å². The first-order valence-corrected chi connectivity index (χ1v) is 10.4. The maximum absolute atomic E-state index is 13.1. The molecule has 0 radical (unpaired) electrons. The molecule has 6 nitrogen and oxygen atoms in total. The fraction of sp³-hybridized carbons (Fsp3) is 0.368. The van der Waals surface area contributed by atoms with E-state index in [4.69, 9.17) is 4.98 Å². The zero-order chi connectivity index (χ0) is 19.2. The zero-order valence-corrected chi connectivity index (χ0v) is 16.0. The third-order valence-electron chi connectivity index (χ3n) is 5.00. The van der Waals surface area contributed by atoms with Crippen LogP contribution in [-0.2, 0) is 10.0 Å². The lowest BCUT2D eigenvalue weighted by molar-refractivity contribution is 0.466. The van der Waals surface area contributed by atoms with E-state index in [1.807, 2.05) is 6.07 Å². The second-order valence-electron chi connectivity index (χ2n) is 7.10. The van der Waals surface area contributed by atoms with Gasteiger partial charge in [0.25, 0.3) is 0 Å². The third kappa shape index (κ3) is 3.12. The molecule has 0 aliphatic carbocycles. The Morgan fingerprint density at radius 1 is 1.19 bits per heavy atom. The normalized spacial score (nSPS) is 18.6. The highest BCUT2D eigenvalue weighted by Crippen LogP contribution is 2.33. The van der Waals surface area contributed by atoms with Crippen LogP contribution in [0.2, 0.25) is 0 Å². The molecule has 1 fully saturated rings. The molecular formula is C19H21FN4O2S. The number of halogens is 1. The number of imidazole rings is 1. The van der Waals surface area contributed by atoms with Gasteiger partial charge in [-0.1, -0.05) is 0 Å². The molecule has 27 heavy (non-hydrogen) atoms. The minimum Gasteiger partial charge on any atom is -0.324 e. The Morgan fingerprint density at radius 2 is 1.93 bits per heavy atom. The van der Waals surface area contributed by atoms with E-state index in [2.05, 4.69) is 23.4 Å². The number of nitrogens with zero attached hydrogens (tertiary/aromatic N) is 4. The van der Waals surface area contributed by atoms with E-state index in [0.717, 1.165) is 16.9 Å². The van der Waals surface area contributed by atoms with Crippen LogP contribution in [0.15, 0.2) is 47.6 Å². The molecule has 8 heteroatoms. The van der Waals surface area contributed by atoms with Crippen molar-refractivity contribution in [2.75, 3.05) is 13.1 Å². The standard InChI is InChI=1S/C19H21FN4O2S/c1-13(2)24-18-11-21-9-7-17(18)22-19(24)14-8-10-23(12-14)27(25,26)16-5-3-15(20)4-6-16/h3-7,9,11,13-14H,8,10,12H2,1-2H3/t14-/m0/s1. The Labute approximate surface area is 157 Å². The van der Waals surface area contributed by atoms with E-state index in [-0.39, 0.29) is 16.9 Å². The molecule has 1 aliphatic heterocycles. The van der Waals surface area contributed by atoms with Crippen LogP contribution in [-0.4, -0.2) is 40.3 Å². The Hall–Kier alpha value is -2.32. The number of aromatic nitrogens is 3. The van der Waals surface area contributed by atoms with Gasteiger partial charge in [-0.2, -0.15) is 4.31 Å². The Balaban J connectivity index is 1.66. The van der Waals surface area contributed by atoms with Gasteiger partial charge in [-0.05, 0) is 50.6 Å². The van der Waals surface area contributed by atoms with Crippen LogP contribution in [0.3, 0.4) is 0 Å². The zero-order valence-electron chi connectivity index (χ0n) is 15.2. The molecule has 2 aromatic heterocycles. The van der Waals surface area contributed by atoms with Crippen molar-refractivity contribution in [1.29, 1.82) is 0 Å². The monoisotopic (exact) mass is 388 g/mol. The minimum atomic E-state index is -3.64. The molecule has 1 aliphatic rings. The topological polar surface area (TPSA) is 68.1 Å². The van der Waals surface area contributed by atoms with Crippen LogP contribution < -0.4 is 0 Å². The number of rotatable bonds is 4. The third-order valence-corrected chi connectivity index (χ3v) is 6.88. The summed E-state index contributed by atoms with van der Waals surface area (Å²) in [5.41, 5.74) is 1.83. The largest absolute Gasteiger partial charge is 0.324 e. The molecule has 0 bridgehead atoms. The summed E-state index contributed by atoms with van der Waals surface area (Å²) >= 11 is 0. The quantitative estimate of drug-likeness (QED) is 0.688. The van der Waals surface area contributed by atoms with Gasteiger partial charge in [0, 0.05) is 31.2 Å². The fourth-order valence-electron chi connectivity index (χ4n) is 3.70. The Morgan fingerprint density at radius 3 is 2.63 bits per heavy atom. The van der Waals surface area contributed by atoms with Crippen molar-refractivity contribution in [2.45, 2.75) is 37.1 Å². The fourth-order valence-corrected chi connectivity index (χ4v) is 5.20. The predicted molar refractivity (Wildman–Crippen MR) is 100 cm³/mol. The Kier molecular flexibility index (Phi) is 4.47. The van der Waals surface area contributed by atoms with Crippen molar-refractivity contribution >= 4 is 21.1 Å². The first-order chi connectivity index (χ1) is 12.9. The van der Waals surface area contributed by atoms with Gasteiger partial charge in [0.05, 0.1) is 22.1 Å². The van der Waals surface area contributed by atoms with Gasteiger partial charge in [0.15, 0.2) is 0 Å². The number of hydrogen-bond acceptors (Lipinski definition) is 4. The molecule has 4 rings (SSSR count). The van der Waals surface area contributed by atoms with Crippen molar-refractivity contribution in [2.24, 2.45) is 0 Å². The molecule has 1 aromatic carbocycles. The second-order valence-corrected chi connectivity index (χ2v) is 9.04. The number of pyridine rings is 1. The predicted octanol–water partition coefficient (Wildman–Crippen LogP) is 3.33. The summed E-state index contributed by atoms with van der Waals surface area (Å²) in [6, 6.07) is 7.04. The van der Waals surface area contributed by atoms with Gasteiger partial charge in [0.1, 0.15) is 11.6 Å². The molecule has 1 saturated heterocycles. The minimum absolute atomic E-state index is 0.00928. The summed E-state index contributed by atoms with van der Waals surface area (Å²) in [5, 5.41) is 0. The van der Waals surface area contributed by atoms with Crippen LogP contribution in [0.5, 0.6) is 0 Å². The van der Waals surface area contributed by atoms with Gasteiger partial charge in [-0.15, -0.1) is 0 Å². The molecule has 0 amide bonds. The average molecular weight is 388 g/mol. The summed E-state index contributed by atoms with van der Waals surface area (Å²) in [6.45, 7) is 4.95. The smallest absolute Gasteiger partial charge is 0.243 e. The van der Waals surface area contributed by atoms with E-state index in [1.165, 1.54) is 28.6 Å². The van der Waals surface area contributed by atoms with Crippen molar-refractivity contribution in [3.05, 3.63) is 54.4 Å². The van der Waals surface area contributed by atoms with Gasteiger partial charge in [-0.3, -0.25) is 4.98 Å². The molecule has 3 heterocycles. The molecule has 0 N–H and O–H groups in total. The summed E-state index contributed by atoms with van der Waals surface area (Å²) in [6.07, 6.45) is 4.21. The van der Waals surface area contributed by atoms with Gasteiger partial charge in [-0.25, -0.2) is 17.8 Å². The first kappa shape index (κ1) is 18.1. The lowest BCUT2D eigenvalue weighted by Crippen LogP contribution is -2.29. The van der Waals surface area contributed by atoms with Gasteiger partial charge in [0.2, 0.25) is 10.0 Å². The van der Waals surface area contributed by atoms with Crippen LogP contribution in [0.4, 0.5) is 4.39 Å². The molecule has 0 saturated carbocycles. The molecule has 142 valence electrons.